The van der Waals surface area contributed by atoms with Gasteiger partial charge in [-0.3, -0.25) is 0 Å². The zero-order valence-corrected chi connectivity index (χ0v) is 18.1. The Morgan fingerprint density at radius 1 is 0.897 bits per heavy atom. The maximum atomic E-state index is 6.05. The Bertz CT molecular complexity index is 724. The van der Waals surface area contributed by atoms with Gasteiger partial charge in [0, 0.05) is 11.6 Å². The molecular weight excluding hydrogens is 380 g/mol. The molecular formula is C25H33ClN2O. The molecule has 0 N–H and O–H groups in total. The smallest absolute Gasteiger partial charge is 0.118 e. The van der Waals surface area contributed by atoms with Crippen LogP contribution in [0.5, 0.6) is 0 Å². The number of nitrogens with zero attached hydrogens (tertiary/aromatic N) is 2. The van der Waals surface area contributed by atoms with Gasteiger partial charge < -0.3 is 9.74 Å². The van der Waals surface area contributed by atoms with Crippen LogP contribution in [0.3, 0.4) is 0 Å². The van der Waals surface area contributed by atoms with E-state index in [1.807, 2.05) is 24.3 Å². The molecule has 156 valence electrons. The molecule has 0 bridgehead atoms. The van der Waals surface area contributed by atoms with Crippen LogP contribution in [0.1, 0.15) is 56.1 Å². The quantitative estimate of drug-likeness (QED) is 0.244. The first-order valence-electron chi connectivity index (χ1n) is 11.0. The summed E-state index contributed by atoms with van der Waals surface area (Å²) in [6, 6.07) is 18.6. The van der Waals surface area contributed by atoms with Gasteiger partial charge in [0.25, 0.3) is 0 Å². The predicted molar refractivity (Wildman–Crippen MR) is 123 cm³/mol. The van der Waals surface area contributed by atoms with Crippen LogP contribution in [-0.2, 0) is 11.3 Å². The van der Waals surface area contributed by atoms with Gasteiger partial charge in [-0.1, -0.05) is 65.6 Å². The number of likely N-dealkylation sites (tertiary alicyclic amines) is 1. The van der Waals surface area contributed by atoms with E-state index in [2.05, 4.69) is 40.4 Å². The molecule has 0 aromatic heterocycles. The minimum absolute atomic E-state index is 0.678. The standard InChI is InChI=1S/C25H33ClN2O/c26-24-16-14-23(15-17-24)25(13-6-5-12-22-10-3-1-4-11-22)27-29-21-9-20-28-18-7-2-8-19-28/h1,3-4,10-11,14-17H,2,5-9,12-13,18-21H2. The van der Waals surface area contributed by atoms with Crippen molar-refractivity contribution in [1.82, 2.24) is 4.90 Å². The summed E-state index contributed by atoms with van der Waals surface area (Å²) in [7, 11) is 0. The average Bonchev–Trinajstić information content (AvgIpc) is 2.77. The van der Waals surface area contributed by atoms with E-state index in [-0.39, 0.29) is 0 Å². The molecule has 0 spiro atoms. The van der Waals surface area contributed by atoms with Crippen LogP contribution in [0.15, 0.2) is 59.8 Å². The molecule has 3 rings (SSSR count). The van der Waals surface area contributed by atoms with Crippen molar-refractivity contribution in [3.63, 3.8) is 0 Å². The fraction of sp³-hybridized carbons (Fsp3) is 0.480. The first-order valence-corrected chi connectivity index (χ1v) is 11.4. The summed E-state index contributed by atoms with van der Waals surface area (Å²) in [5, 5.41) is 5.26. The topological polar surface area (TPSA) is 24.8 Å². The van der Waals surface area contributed by atoms with Crippen molar-refractivity contribution in [2.24, 2.45) is 5.16 Å². The highest BCUT2D eigenvalue weighted by Gasteiger charge is 2.09. The average molecular weight is 413 g/mol. The van der Waals surface area contributed by atoms with Crippen LogP contribution in [-0.4, -0.2) is 36.9 Å². The van der Waals surface area contributed by atoms with E-state index >= 15 is 0 Å². The van der Waals surface area contributed by atoms with Gasteiger partial charge in [-0.15, -0.1) is 0 Å². The normalized spacial score (nSPS) is 15.4. The molecule has 1 fully saturated rings. The first-order chi connectivity index (χ1) is 14.3. The van der Waals surface area contributed by atoms with Crippen LogP contribution in [0.25, 0.3) is 0 Å². The zero-order valence-electron chi connectivity index (χ0n) is 17.4. The Kier molecular flexibility index (Phi) is 9.55. The third kappa shape index (κ3) is 8.20. The number of rotatable bonds is 11. The number of oxime groups is 1. The molecule has 29 heavy (non-hydrogen) atoms. The number of halogens is 1. The van der Waals surface area contributed by atoms with E-state index in [0.29, 0.717) is 6.61 Å². The summed E-state index contributed by atoms with van der Waals surface area (Å²) in [6.07, 6.45) is 9.34. The van der Waals surface area contributed by atoms with Crippen molar-refractivity contribution >= 4 is 17.3 Å². The molecule has 1 aliphatic heterocycles. The summed E-state index contributed by atoms with van der Waals surface area (Å²) < 4.78 is 0. The van der Waals surface area contributed by atoms with E-state index in [1.165, 1.54) is 37.9 Å². The second-order valence-corrected chi connectivity index (χ2v) is 8.26. The fourth-order valence-corrected chi connectivity index (χ4v) is 3.94. The Hall–Kier alpha value is -1.84. The lowest BCUT2D eigenvalue weighted by molar-refractivity contribution is 0.124. The predicted octanol–water partition coefficient (Wildman–Crippen LogP) is 6.35. The van der Waals surface area contributed by atoms with Gasteiger partial charge in [0.1, 0.15) is 6.61 Å². The molecule has 0 amide bonds. The number of benzene rings is 2. The van der Waals surface area contributed by atoms with Crippen LogP contribution in [0, 0.1) is 0 Å². The van der Waals surface area contributed by atoms with E-state index < -0.39 is 0 Å². The molecule has 1 heterocycles. The molecule has 0 radical (unpaired) electrons. The lowest BCUT2D eigenvalue weighted by Crippen LogP contribution is -2.31. The molecule has 2 aromatic carbocycles. The van der Waals surface area contributed by atoms with Gasteiger partial charge in [0.2, 0.25) is 0 Å². The lowest BCUT2D eigenvalue weighted by Gasteiger charge is -2.25. The largest absolute Gasteiger partial charge is 0.396 e. The van der Waals surface area contributed by atoms with Gasteiger partial charge in [0.05, 0.1) is 5.71 Å². The monoisotopic (exact) mass is 412 g/mol. The maximum absolute atomic E-state index is 6.05. The van der Waals surface area contributed by atoms with Crippen molar-refractivity contribution in [2.45, 2.75) is 51.4 Å². The second-order valence-electron chi connectivity index (χ2n) is 7.83. The number of hydrogen-bond donors (Lipinski definition) is 0. The molecule has 0 aliphatic carbocycles. The van der Waals surface area contributed by atoms with Gasteiger partial charge in [-0.05, 0) is 81.3 Å². The molecule has 2 aromatic rings. The summed E-state index contributed by atoms with van der Waals surface area (Å²) in [5.41, 5.74) is 3.52. The van der Waals surface area contributed by atoms with Gasteiger partial charge in [-0.25, -0.2) is 0 Å². The Morgan fingerprint density at radius 3 is 2.41 bits per heavy atom. The van der Waals surface area contributed by atoms with Crippen molar-refractivity contribution in [3.8, 4) is 0 Å². The molecule has 1 saturated heterocycles. The van der Waals surface area contributed by atoms with E-state index in [9.17, 15) is 0 Å². The summed E-state index contributed by atoms with van der Waals surface area (Å²) in [4.78, 5) is 8.26. The molecule has 0 saturated carbocycles. The molecule has 3 nitrogen and oxygen atoms in total. The van der Waals surface area contributed by atoms with Crippen LogP contribution < -0.4 is 0 Å². The number of unbranched alkanes of at least 4 members (excludes halogenated alkanes) is 1. The highest BCUT2D eigenvalue weighted by molar-refractivity contribution is 6.30. The van der Waals surface area contributed by atoms with E-state index in [4.69, 9.17) is 16.4 Å². The van der Waals surface area contributed by atoms with Crippen molar-refractivity contribution < 1.29 is 4.84 Å². The van der Waals surface area contributed by atoms with Crippen molar-refractivity contribution in [2.75, 3.05) is 26.2 Å². The Labute approximate surface area is 180 Å². The van der Waals surface area contributed by atoms with Crippen molar-refractivity contribution in [1.29, 1.82) is 0 Å². The molecule has 0 atom stereocenters. The summed E-state index contributed by atoms with van der Waals surface area (Å²) in [6.45, 7) is 4.27. The number of aryl methyl sites for hydroxylation is 1. The SMILES string of the molecule is Clc1ccc(C(CCCCc2ccccc2)=NOCCCN2CCCCC2)cc1. The fourth-order valence-electron chi connectivity index (χ4n) is 3.81. The maximum Gasteiger partial charge on any atom is 0.118 e. The number of piperidine rings is 1. The third-order valence-electron chi connectivity index (χ3n) is 5.48. The minimum Gasteiger partial charge on any atom is -0.396 e. The van der Waals surface area contributed by atoms with Crippen LogP contribution >= 0.6 is 11.6 Å². The highest BCUT2D eigenvalue weighted by atomic mass is 35.5. The molecule has 1 aliphatic rings. The first kappa shape index (κ1) is 21.9. The third-order valence-corrected chi connectivity index (χ3v) is 5.73. The van der Waals surface area contributed by atoms with Gasteiger partial charge in [-0.2, -0.15) is 0 Å². The minimum atomic E-state index is 0.678. The Morgan fingerprint density at radius 2 is 1.66 bits per heavy atom. The van der Waals surface area contributed by atoms with Crippen LogP contribution in [0.4, 0.5) is 0 Å². The lowest BCUT2D eigenvalue weighted by atomic mass is 10.0. The van der Waals surface area contributed by atoms with Crippen LogP contribution in [0.2, 0.25) is 5.02 Å². The highest BCUT2D eigenvalue weighted by Crippen LogP contribution is 2.15. The summed E-state index contributed by atoms with van der Waals surface area (Å²) >= 11 is 6.05. The van der Waals surface area contributed by atoms with E-state index in [1.54, 1.807) is 0 Å². The van der Waals surface area contributed by atoms with Gasteiger partial charge in [0.15, 0.2) is 0 Å². The Balaban J connectivity index is 1.46. The summed E-state index contributed by atoms with van der Waals surface area (Å²) in [5.74, 6) is 0. The second kappa shape index (κ2) is 12.7. The molecule has 0 unspecified atom stereocenters. The molecule has 4 heteroatoms. The number of hydrogen-bond acceptors (Lipinski definition) is 3. The zero-order chi connectivity index (χ0) is 20.2. The van der Waals surface area contributed by atoms with E-state index in [0.717, 1.165) is 54.9 Å². The van der Waals surface area contributed by atoms with Gasteiger partial charge >= 0.3 is 0 Å². The van der Waals surface area contributed by atoms with Crippen molar-refractivity contribution in [3.05, 3.63) is 70.7 Å².